The highest BCUT2D eigenvalue weighted by Crippen LogP contribution is 2.10. The van der Waals surface area contributed by atoms with Gasteiger partial charge in [-0.15, -0.1) is 0 Å². The highest BCUT2D eigenvalue weighted by atomic mass is 19.1. The number of amides is 1. The zero-order valence-electron chi connectivity index (χ0n) is 14.1. The van der Waals surface area contributed by atoms with Crippen molar-refractivity contribution in [2.24, 2.45) is 4.99 Å². The van der Waals surface area contributed by atoms with Gasteiger partial charge in [0, 0.05) is 45.3 Å². The molecule has 2 aromatic rings. The van der Waals surface area contributed by atoms with Crippen LogP contribution < -0.4 is 5.32 Å². The predicted molar refractivity (Wildman–Crippen MR) is 92.8 cm³/mol. The van der Waals surface area contributed by atoms with Crippen molar-refractivity contribution >= 4 is 11.9 Å². The lowest BCUT2D eigenvalue weighted by atomic mass is 10.2. The molecule has 132 valence electrons. The van der Waals surface area contributed by atoms with Gasteiger partial charge >= 0.3 is 0 Å². The Morgan fingerprint density at radius 2 is 1.88 bits per heavy atom. The van der Waals surface area contributed by atoms with Crippen molar-refractivity contribution in [2.45, 2.75) is 6.54 Å². The van der Waals surface area contributed by atoms with E-state index in [1.54, 1.807) is 36.2 Å². The Balaban J connectivity index is 1.54. The number of hydrogen-bond donors (Lipinski definition) is 1. The summed E-state index contributed by atoms with van der Waals surface area (Å²) in [5, 5.41) is 3.18. The van der Waals surface area contributed by atoms with Gasteiger partial charge in [0.15, 0.2) is 11.7 Å². The van der Waals surface area contributed by atoms with Gasteiger partial charge in [0.05, 0.1) is 6.26 Å². The van der Waals surface area contributed by atoms with Crippen LogP contribution >= 0.6 is 0 Å². The van der Waals surface area contributed by atoms with Gasteiger partial charge in [-0.25, -0.2) is 4.39 Å². The minimum Gasteiger partial charge on any atom is -0.459 e. The van der Waals surface area contributed by atoms with Crippen LogP contribution in [0.4, 0.5) is 4.39 Å². The van der Waals surface area contributed by atoms with Crippen LogP contribution in [0.25, 0.3) is 0 Å². The van der Waals surface area contributed by atoms with E-state index in [2.05, 4.69) is 15.2 Å². The number of carbonyl (C=O) groups is 1. The molecule has 6 nitrogen and oxygen atoms in total. The molecule has 0 bridgehead atoms. The largest absolute Gasteiger partial charge is 0.459 e. The van der Waals surface area contributed by atoms with Crippen LogP contribution in [-0.4, -0.2) is 54.9 Å². The number of nitrogens with one attached hydrogen (secondary N) is 1. The average Bonchev–Trinajstić information content (AvgIpc) is 3.18. The molecule has 0 unspecified atom stereocenters. The Bertz CT molecular complexity index is 737. The Morgan fingerprint density at radius 1 is 1.16 bits per heavy atom. The van der Waals surface area contributed by atoms with Gasteiger partial charge in [-0.05, 0) is 18.2 Å². The summed E-state index contributed by atoms with van der Waals surface area (Å²) in [6.45, 7) is 2.84. The van der Waals surface area contributed by atoms with Gasteiger partial charge in [-0.2, -0.15) is 0 Å². The maximum absolute atomic E-state index is 13.7. The van der Waals surface area contributed by atoms with E-state index in [1.807, 2.05) is 6.07 Å². The first-order chi connectivity index (χ1) is 12.2. The standard InChI is InChI=1S/C18H21FN4O2/c1-20-18(21-13-14-5-2-3-6-15(14)19)23-10-8-22(9-11-23)17(24)16-7-4-12-25-16/h2-7,12H,8-11,13H2,1H3,(H,20,21). The highest BCUT2D eigenvalue weighted by Gasteiger charge is 2.25. The number of piperazine rings is 1. The SMILES string of the molecule is CN=C(NCc1ccccc1F)N1CCN(C(=O)c2ccco2)CC1. The van der Waals surface area contributed by atoms with E-state index >= 15 is 0 Å². The summed E-state index contributed by atoms with van der Waals surface area (Å²) in [6.07, 6.45) is 1.50. The molecule has 0 atom stereocenters. The second kappa shape index (κ2) is 7.83. The van der Waals surface area contributed by atoms with Gasteiger partial charge in [-0.3, -0.25) is 9.79 Å². The van der Waals surface area contributed by atoms with E-state index in [-0.39, 0.29) is 11.7 Å². The topological polar surface area (TPSA) is 61.1 Å². The predicted octanol–water partition coefficient (Wildman–Crippen LogP) is 1.95. The number of benzene rings is 1. The third-order valence-corrected chi connectivity index (χ3v) is 4.20. The molecular formula is C18H21FN4O2. The number of nitrogens with zero attached hydrogens (tertiary/aromatic N) is 3. The maximum Gasteiger partial charge on any atom is 0.289 e. The molecular weight excluding hydrogens is 323 g/mol. The molecule has 1 aromatic heterocycles. The van der Waals surface area contributed by atoms with Crippen molar-refractivity contribution in [3.05, 3.63) is 59.8 Å². The second-order valence-electron chi connectivity index (χ2n) is 5.75. The molecule has 0 spiro atoms. The molecule has 1 aromatic carbocycles. The summed E-state index contributed by atoms with van der Waals surface area (Å²) in [5.41, 5.74) is 0.593. The molecule has 7 heteroatoms. The quantitative estimate of drug-likeness (QED) is 0.683. The Morgan fingerprint density at radius 3 is 2.52 bits per heavy atom. The molecule has 1 N–H and O–H groups in total. The smallest absolute Gasteiger partial charge is 0.289 e. The number of hydrogen-bond acceptors (Lipinski definition) is 3. The van der Waals surface area contributed by atoms with Crippen LogP contribution in [0.2, 0.25) is 0 Å². The van der Waals surface area contributed by atoms with Crippen molar-refractivity contribution in [3.8, 4) is 0 Å². The molecule has 1 amide bonds. The lowest BCUT2D eigenvalue weighted by molar-refractivity contribution is 0.0657. The molecule has 2 heterocycles. The Kier molecular flexibility index (Phi) is 5.33. The summed E-state index contributed by atoms with van der Waals surface area (Å²) in [4.78, 5) is 20.4. The van der Waals surface area contributed by atoms with Crippen molar-refractivity contribution in [1.82, 2.24) is 15.1 Å². The van der Waals surface area contributed by atoms with E-state index in [9.17, 15) is 9.18 Å². The van der Waals surface area contributed by atoms with Crippen molar-refractivity contribution in [3.63, 3.8) is 0 Å². The summed E-state index contributed by atoms with van der Waals surface area (Å²) >= 11 is 0. The summed E-state index contributed by atoms with van der Waals surface area (Å²) in [7, 11) is 1.70. The number of rotatable bonds is 3. The zero-order chi connectivity index (χ0) is 17.6. The van der Waals surface area contributed by atoms with Crippen molar-refractivity contribution in [2.75, 3.05) is 33.2 Å². The molecule has 1 fully saturated rings. The average molecular weight is 344 g/mol. The fourth-order valence-electron chi connectivity index (χ4n) is 2.83. The zero-order valence-corrected chi connectivity index (χ0v) is 14.1. The first-order valence-corrected chi connectivity index (χ1v) is 8.21. The van der Waals surface area contributed by atoms with Crippen LogP contribution in [0.1, 0.15) is 16.1 Å². The lowest BCUT2D eigenvalue weighted by Crippen LogP contribution is -2.53. The number of furan rings is 1. The normalized spacial score (nSPS) is 15.4. The number of carbonyl (C=O) groups excluding carboxylic acids is 1. The molecule has 3 rings (SSSR count). The van der Waals surface area contributed by atoms with E-state index in [0.717, 1.165) is 0 Å². The minimum atomic E-state index is -0.237. The van der Waals surface area contributed by atoms with Crippen LogP contribution in [0.15, 0.2) is 52.1 Å². The van der Waals surface area contributed by atoms with Crippen molar-refractivity contribution < 1.29 is 13.6 Å². The van der Waals surface area contributed by atoms with E-state index in [0.29, 0.717) is 50.0 Å². The minimum absolute atomic E-state index is 0.0982. The van der Waals surface area contributed by atoms with Crippen LogP contribution in [0, 0.1) is 5.82 Å². The molecule has 0 radical (unpaired) electrons. The van der Waals surface area contributed by atoms with E-state index in [1.165, 1.54) is 12.3 Å². The number of halogens is 1. The Labute approximate surface area is 145 Å². The molecule has 25 heavy (non-hydrogen) atoms. The van der Waals surface area contributed by atoms with Crippen LogP contribution in [0.3, 0.4) is 0 Å². The molecule has 1 aliphatic rings. The fraction of sp³-hybridized carbons (Fsp3) is 0.333. The molecule has 0 aliphatic carbocycles. The van der Waals surface area contributed by atoms with Crippen molar-refractivity contribution in [1.29, 1.82) is 0 Å². The van der Waals surface area contributed by atoms with Gasteiger partial charge in [0.1, 0.15) is 5.82 Å². The third kappa shape index (κ3) is 3.99. The first-order valence-electron chi connectivity index (χ1n) is 8.21. The third-order valence-electron chi connectivity index (χ3n) is 4.20. The maximum atomic E-state index is 13.7. The summed E-state index contributed by atoms with van der Waals surface area (Å²) in [6, 6.07) is 10.0. The van der Waals surface area contributed by atoms with Gasteiger partial charge < -0.3 is 19.5 Å². The summed E-state index contributed by atoms with van der Waals surface area (Å²) in [5.74, 6) is 0.724. The number of aliphatic imine (C=N–C) groups is 1. The molecule has 1 saturated heterocycles. The second-order valence-corrected chi connectivity index (χ2v) is 5.75. The highest BCUT2D eigenvalue weighted by molar-refractivity contribution is 5.91. The van der Waals surface area contributed by atoms with Gasteiger partial charge in [0.25, 0.3) is 5.91 Å². The van der Waals surface area contributed by atoms with Gasteiger partial charge in [-0.1, -0.05) is 18.2 Å². The van der Waals surface area contributed by atoms with E-state index in [4.69, 9.17) is 4.42 Å². The fourth-order valence-corrected chi connectivity index (χ4v) is 2.83. The van der Waals surface area contributed by atoms with E-state index < -0.39 is 0 Å². The lowest BCUT2D eigenvalue weighted by Gasteiger charge is -2.36. The van der Waals surface area contributed by atoms with Crippen LogP contribution in [0.5, 0.6) is 0 Å². The Hall–Kier alpha value is -2.83. The molecule has 1 aliphatic heterocycles. The van der Waals surface area contributed by atoms with Gasteiger partial charge in [0.2, 0.25) is 0 Å². The monoisotopic (exact) mass is 344 g/mol. The summed E-state index contributed by atoms with van der Waals surface area (Å²) < 4.78 is 18.9. The number of guanidine groups is 1. The van der Waals surface area contributed by atoms with Crippen LogP contribution in [-0.2, 0) is 6.54 Å². The first kappa shape index (κ1) is 17.0. The molecule has 0 saturated carbocycles.